The monoisotopic (exact) mass is 212 g/mol. The van der Waals surface area contributed by atoms with Crippen LogP contribution in [-0.4, -0.2) is 11.1 Å². The van der Waals surface area contributed by atoms with Gasteiger partial charge in [0, 0.05) is 9.75 Å². The minimum atomic E-state index is -0.754. The Balaban J connectivity index is 2.99. The Bertz CT molecular complexity index is 345. The van der Waals surface area contributed by atoms with Crippen LogP contribution in [0.5, 0.6) is 0 Å². The molecule has 0 saturated heterocycles. The van der Waals surface area contributed by atoms with Crippen molar-refractivity contribution in [3.63, 3.8) is 0 Å². The molecular weight excluding hydrogens is 196 g/mol. The van der Waals surface area contributed by atoms with E-state index in [4.69, 9.17) is 5.11 Å². The lowest BCUT2D eigenvalue weighted by molar-refractivity contribution is -0.136. The van der Waals surface area contributed by atoms with Crippen LogP contribution in [0.2, 0.25) is 0 Å². The van der Waals surface area contributed by atoms with Crippen LogP contribution in [0, 0.1) is 6.92 Å². The molecule has 2 nitrogen and oxygen atoms in total. The maximum absolute atomic E-state index is 10.6. The summed E-state index contributed by atoms with van der Waals surface area (Å²) in [6.07, 6.45) is 0.145. The lowest BCUT2D eigenvalue weighted by Crippen LogP contribution is -2.07. The molecule has 0 aliphatic carbocycles. The van der Waals surface area contributed by atoms with Gasteiger partial charge in [-0.3, -0.25) is 4.79 Å². The summed E-state index contributed by atoms with van der Waals surface area (Å²) in [5, 5.41) is 8.71. The Labute approximate surface area is 88.6 Å². The van der Waals surface area contributed by atoms with Crippen LogP contribution in [0.1, 0.15) is 36.1 Å². The fraction of sp³-hybridized carbons (Fsp3) is 0.545. The van der Waals surface area contributed by atoms with Gasteiger partial charge in [0.15, 0.2) is 0 Å². The lowest BCUT2D eigenvalue weighted by Gasteiger charge is -2.15. The Morgan fingerprint density at radius 2 is 2.07 bits per heavy atom. The minimum Gasteiger partial charge on any atom is -0.481 e. The van der Waals surface area contributed by atoms with E-state index < -0.39 is 5.97 Å². The minimum absolute atomic E-state index is 0.117. The standard InChI is InChI=1S/C11H16O2S/c1-7-5-9(11(2,3)4)14-8(7)6-10(12)13/h5H,6H2,1-4H3,(H,12,13). The summed E-state index contributed by atoms with van der Waals surface area (Å²) in [6.45, 7) is 8.40. The summed E-state index contributed by atoms with van der Waals surface area (Å²) in [6, 6.07) is 2.10. The van der Waals surface area contributed by atoms with Crippen LogP contribution < -0.4 is 0 Å². The summed E-state index contributed by atoms with van der Waals surface area (Å²) in [7, 11) is 0. The molecule has 0 amide bonds. The van der Waals surface area contributed by atoms with Crippen molar-refractivity contribution in [1.82, 2.24) is 0 Å². The van der Waals surface area contributed by atoms with Gasteiger partial charge < -0.3 is 5.11 Å². The number of rotatable bonds is 2. The zero-order chi connectivity index (χ0) is 10.9. The molecule has 0 aromatic carbocycles. The summed E-state index contributed by atoms with van der Waals surface area (Å²) >= 11 is 1.61. The molecule has 1 aromatic heterocycles. The first-order valence-electron chi connectivity index (χ1n) is 4.62. The molecule has 1 rings (SSSR count). The van der Waals surface area contributed by atoms with Crippen molar-refractivity contribution in [2.75, 3.05) is 0 Å². The third-order valence-electron chi connectivity index (χ3n) is 2.07. The highest BCUT2D eigenvalue weighted by atomic mass is 32.1. The van der Waals surface area contributed by atoms with E-state index in [9.17, 15) is 4.79 Å². The van der Waals surface area contributed by atoms with E-state index in [2.05, 4.69) is 26.8 Å². The molecule has 0 unspecified atom stereocenters. The SMILES string of the molecule is Cc1cc(C(C)(C)C)sc1CC(=O)O. The van der Waals surface area contributed by atoms with Crippen LogP contribution >= 0.6 is 11.3 Å². The lowest BCUT2D eigenvalue weighted by atomic mass is 9.94. The summed E-state index contributed by atoms with van der Waals surface area (Å²) in [5.41, 5.74) is 1.22. The average Bonchev–Trinajstić information content (AvgIpc) is 2.30. The van der Waals surface area contributed by atoms with Gasteiger partial charge in [0.05, 0.1) is 6.42 Å². The molecule has 1 N–H and O–H groups in total. The number of aliphatic carboxylic acids is 1. The van der Waals surface area contributed by atoms with E-state index in [1.165, 1.54) is 4.88 Å². The van der Waals surface area contributed by atoms with Crippen molar-refractivity contribution in [2.24, 2.45) is 0 Å². The molecule has 0 bridgehead atoms. The van der Waals surface area contributed by atoms with Crippen molar-refractivity contribution in [3.8, 4) is 0 Å². The largest absolute Gasteiger partial charge is 0.481 e. The van der Waals surface area contributed by atoms with Crippen LogP contribution in [0.3, 0.4) is 0 Å². The average molecular weight is 212 g/mol. The van der Waals surface area contributed by atoms with Gasteiger partial charge in [0.2, 0.25) is 0 Å². The number of hydrogen-bond acceptors (Lipinski definition) is 2. The first-order chi connectivity index (χ1) is 6.30. The second-order valence-electron chi connectivity index (χ2n) is 4.54. The second kappa shape index (κ2) is 3.73. The number of thiophene rings is 1. The van der Waals surface area contributed by atoms with E-state index in [1.807, 2.05) is 6.92 Å². The molecule has 0 radical (unpaired) electrons. The van der Waals surface area contributed by atoms with Gasteiger partial charge in [-0.25, -0.2) is 0 Å². The maximum Gasteiger partial charge on any atom is 0.308 e. The molecule has 0 aliphatic heterocycles. The predicted octanol–water partition coefficient (Wildman–Crippen LogP) is 2.98. The molecule has 0 spiro atoms. The van der Waals surface area contributed by atoms with Gasteiger partial charge in [-0.2, -0.15) is 0 Å². The van der Waals surface area contributed by atoms with E-state index >= 15 is 0 Å². The van der Waals surface area contributed by atoms with Crippen LogP contribution in [0.25, 0.3) is 0 Å². The summed E-state index contributed by atoms with van der Waals surface area (Å²) in [4.78, 5) is 12.8. The highest BCUT2D eigenvalue weighted by Crippen LogP contribution is 2.32. The normalized spacial score (nSPS) is 11.7. The highest BCUT2D eigenvalue weighted by molar-refractivity contribution is 7.12. The molecule has 78 valence electrons. The van der Waals surface area contributed by atoms with Gasteiger partial charge in [-0.05, 0) is 24.0 Å². The first kappa shape index (κ1) is 11.2. The van der Waals surface area contributed by atoms with Crippen LogP contribution in [-0.2, 0) is 16.6 Å². The molecule has 14 heavy (non-hydrogen) atoms. The Kier molecular flexibility index (Phi) is 3.00. The van der Waals surface area contributed by atoms with Crippen LogP contribution in [0.4, 0.5) is 0 Å². The van der Waals surface area contributed by atoms with Gasteiger partial charge in [-0.1, -0.05) is 20.8 Å². The molecular formula is C11H16O2S. The quantitative estimate of drug-likeness (QED) is 0.818. The Morgan fingerprint density at radius 3 is 2.43 bits per heavy atom. The predicted molar refractivity (Wildman–Crippen MR) is 59.1 cm³/mol. The topological polar surface area (TPSA) is 37.3 Å². The van der Waals surface area contributed by atoms with E-state index in [0.29, 0.717) is 0 Å². The molecule has 1 heterocycles. The number of carboxylic acids is 1. The Hall–Kier alpha value is -0.830. The number of carboxylic acid groups (broad SMARTS) is 1. The van der Waals surface area contributed by atoms with E-state index in [-0.39, 0.29) is 11.8 Å². The molecule has 0 atom stereocenters. The first-order valence-corrected chi connectivity index (χ1v) is 5.44. The van der Waals surface area contributed by atoms with Gasteiger partial charge in [0.1, 0.15) is 0 Å². The number of carbonyl (C=O) groups is 1. The number of aryl methyl sites for hydroxylation is 1. The van der Waals surface area contributed by atoms with Crippen molar-refractivity contribution >= 4 is 17.3 Å². The third-order valence-corrected chi connectivity index (χ3v) is 3.73. The molecule has 0 saturated carbocycles. The highest BCUT2D eigenvalue weighted by Gasteiger charge is 2.18. The van der Waals surface area contributed by atoms with Crippen molar-refractivity contribution < 1.29 is 9.90 Å². The van der Waals surface area contributed by atoms with Crippen molar-refractivity contribution in [2.45, 2.75) is 39.5 Å². The molecule has 3 heteroatoms. The fourth-order valence-corrected chi connectivity index (χ4v) is 2.43. The zero-order valence-corrected chi connectivity index (χ0v) is 9.86. The smallest absolute Gasteiger partial charge is 0.308 e. The van der Waals surface area contributed by atoms with Crippen molar-refractivity contribution in [3.05, 3.63) is 21.4 Å². The third kappa shape index (κ3) is 2.58. The van der Waals surface area contributed by atoms with Gasteiger partial charge >= 0.3 is 5.97 Å². The second-order valence-corrected chi connectivity index (χ2v) is 5.67. The zero-order valence-electron chi connectivity index (χ0n) is 9.05. The maximum atomic E-state index is 10.6. The van der Waals surface area contributed by atoms with E-state index in [0.717, 1.165) is 10.4 Å². The number of hydrogen-bond donors (Lipinski definition) is 1. The summed E-state index contributed by atoms with van der Waals surface area (Å²) in [5.74, 6) is -0.754. The Morgan fingerprint density at radius 1 is 1.50 bits per heavy atom. The fourth-order valence-electron chi connectivity index (χ4n) is 1.20. The van der Waals surface area contributed by atoms with Crippen LogP contribution in [0.15, 0.2) is 6.07 Å². The molecule has 0 aliphatic rings. The summed E-state index contributed by atoms with van der Waals surface area (Å²) < 4.78 is 0. The van der Waals surface area contributed by atoms with Gasteiger partial charge in [0.25, 0.3) is 0 Å². The van der Waals surface area contributed by atoms with Crippen molar-refractivity contribution in [1.29, 1.82) is 0 Å². The molecule has 0 fully saturated rings. The van der Waals surface area contributed by atoms with Gasteiger partial charge in [-0.15, -0.1) is 11.3 Å². The molecule has 1 aromatic rings. The van der Waals surface area contributed by atoms with E-state index in [1.54, 1.807) is 11.3 Å².